The van der Waals surface area contributed by atoms with Gasteiger partial charge >= 0.3 is 6.18 Å². The van der Waals surface area contributed by atoms with Crippen LogP contribution >= 0.6 is 23.2 Å². The van der Waals surface area contributed by atoms with Crippen molar-refractivity contribution in [2.24, 2.45) is 11.1 Å². The first kappa shape index (κ1) is 22.9. The van der Waals surface area contributed by atoms with Crippen molar-refractivity contribution in [3.8, 4) is 0 Å². The van der Waals surface area contributed by atoms with Crippen LogP contribution in [0.5, 0.6) is 0 Å². The number of halogens is 5. The number of rotatable bonds is 5. The summed E-state index contributed by atoms with van der Waals surface area (Å²) in [5.41, 5.74) is -1.20. The third-order valence-electron chi connectivity index (χ3n) is 6.10. The molecule has 32 heavy (non-hydrogen) atoms. The standard InChI is InChI=1S/C23H21Cl2F3N2O2/c1-13-7-15(5-6-19(13)21(31)29-12-14-3-2-4-14)20-11-22(32-30-20,23(26,27)28)16-8-17(24)10-18(25)9-16/h5-10,14H,2-4,11-12H2,1H3,(H,29,31). The van der Waals surface area contributed by atoms with Crippen molar-refractivity contribution in [2.75, 3.05) is 6.54 Å². The van der Waals surface area contributed by atoms with Crippen molar-refractivity contribution in [1.82, 2.24) is 5.32 Å². The number of amides is 1. The van der Waals surface area contributed by atoms with E-state index in [1.54, 1.807) is 25.1 Å². The van der Waals surface area contributed by atoms with Gasteiger partial charge in [0.1, 0.15) is 0 Å². The number of hydrogen-bond donors (Lipinski definition) is 1. The molecule has 1 amide bonds. The van der Waals surface area contributed by atoms with Crippen LogP contribution in [-0.2, 0) is 10.4 Å². The van der Waals surface area contributed by atoms with Gasteiger partial charge in [-0.25, -0.2) is 0 Å². The minimum Gasteiger partial charge on any atom is -0.374 e. The van der Waals surface area contributed by atoms with Crippen molar-refractivity contribution < 1.29 is 22.8 Å². The van der Waals surface area contributed by atoms with Gasteiger partial charge in [0.15, 0.2) is 0 Å². The molecular weight excluding hydrogens is 464 g/mol. The molecule has 0 radical (unpaired) electrons. The molecule has 1 heterocycles. The maximum atomic E-state index is 14.1. The summed E-state index contributed by atoms with van der Waals surface area (Å²) in [7, 11) is 0. The molecule has 2 aromatic carbocycles. The van der Waals surface area contributed by atoms with Gasteiger partial charge in [0.25, 0.3) is 11.5 Å². The van der Waals surface area contributed by atoms with Crippen molar-refractivity contribution in [3.05, 3.63) is 68.7 Å². The highest BCUT2D eigenvalue weighted by atomic mass is 35.5. The minimum atomic E-state index is -4.76. The zero-order valence-corrected chi connectivity index (χ0v) is 18.7. The lowest BCUT2D eigenvalue weighted by atomic mass is 9.85. The van der Waals surface area contributed by atoms with Crippen molar-refractivity contribution >= 4 is 34.8 Å². The number of aryl methyl sites for hydroxylation is 1. The van der Waals surface area contributed by atoms with Crippen LogP contribution in [0.4, 0.5) is 13.2 Å². The van der Waals surface area contributed by atoms with Gasteiger partial charge in [-0.2, -0.15) is 13.2 Å². The van der Waals surface area contributed by atoms with Gasteiger partial charge in [0.2, 0.25) is 0 Å². The lowest BCUT2D eigenvalue weighted by Gasteiger charge is -2.29. The average Bonchev–Trinajstić information content (AvgIpc) is 3.12. The summed E-state index contributed by atoms with van der Waals surface area (Å²) in [6.07, 6.45) is -1.87. The highest BCUT2D eigenvalue weighted by Crippen LogP contribution is 2.49. The van der Waals surface area contributed by atoms with E-state index in [1.165, 1.54) is 24.6 Å². The highest BCUT2D eigenvalue weighted by molar-refractivity contribution is 6.34. The molecule has 2 aliphatic rings. The summed E-state index contributed by atoms with van der Waals surface area (Å²) in [4.78, 5) is 17.5. The summed E-state index contributed by atoms with van der Waals surface area (Å²) in [5, 5.41) is 6.83. The van der Waals surface area contributed by atoms with E-state index in [4.69, 9.17) is 28.0 Å². The third-order valence-corrected chi connectivity index (χ3v) is 6.53. The Bertz CT molecular complexity index is 1060. The van der Waals surface area contributed by atoms with Crippen LogP contribution in [0, 0.1) is 12.8 Å². The summed E-state index contributed by atoms with van der Waals surface area (Å²) in [6.45, 7) is 2.38. The predicted octanol–water partition coefficient (Wildman–Crippen LogP) is 6.41. The van der Waals surface area contributed by atoms with E-state index >= 15 is 0 Å². The Balaban J connectivity index is 1.57. The Kier molecular flexibility index (Phi) is 6.16. The van der Waals surface area contributed by atoms with Gasteiger partial charge in [0, 0.05) is 34.1 Å². The molecule has 0 spiro atoms. The molecule has 4 nitrogen and oxygen atoms in total. The molecule has 0 aromatic heterocycles. The van der Waals surface area contributed by atoms with Gasteiger partial charge in [-0.15, -0.1) is 0 Å². The van der Waals surface area contributed by atoms with Crippen LogP contribution < -0.4 is 5.32 Å². The molecule has 170 valence electrons. The first-order chi connectivity index (χ1) is 15.1. The molecule has 1 atom stereocenters. The lowest BCUT2D eigenvalue weighted by molar-refractivity contribution is -0.275. The first-order valence-corrected chi connectivity index (χ1v) is 11.0. The largest absolute Gasteiger partial charge is 0.435 e. The molecule has 1 aliphatic carbocycles. The quantitative estimate of drug-likeness (QED) is 0.532. The molecule has 1 saturated carbocycles. The molecule has 2 aromatic rings. The molecule has 1 fully saturated rings. The van der Waals surface area contributed by atoms with Gasteiger partial charge in [-0.1, -0.05) is 40.8 Å². The fourth-order valence-electron chi connectivity index (χ4n) is 3.97. The van der Waals surface area contributed by atoms with E-state index in [1.807, 2.05) is 0 Å². The second-order valence-electron chi connectivity index (χ2n) is 8.33. The van der Waals surface area contributed by atoms with Gasteiger partial charge in [-0.3, -0.25) is 4.79 Å². The molecule has 1 N–H and O–H groups in total. The van der Waals surface area contributed by atoms with Crippen LogP contribution in [0.15, 0.2) is 41.6 Å². The van der Waals surface area contributed by atoms with E-state index in [-0.39, 0.29) is 27.2 Å². The maximum Gasteiger partial charge on any atom is 0.435 e. The SMILES string of the molecule is Cc1cc(C2=NOC(c3cc(Cl)cc(Cl)c3)(C(F)(F)F)C2)ccc1C(=O)NCC1CCC1. The van der Waals surface area contributed by atoms with E-state index in [2.05, 4.69) is 10.5 Å². The summed E-state index contributed by atoms with van der Waals surface area (Å²) in [5.74, 6) is 0.336. The lowest BCUT2D eigenvalue weighted by Crippen LogP contribution is -2.42. The number of hydrogen-bond acceptors (Lipinski definition) is 3. The number of nitrogens with one attached hydrogen (secondary N) is 1. The zero-order valence-electron chi connectivity index (χ0n) is 17.2. The third kappa shape index (κ3) is 4.33. The van der Waals surface area contributed by atoms with Crippen LogP contribution in [-0.4, -0.2) is 24.3 Å². The fraction of sp³-hybridized carbons (Fsp3) is 0.391. The van der Waals surface area contributed by atoms with Crippen molar-refractivity contribution in [3.63, 3.8) is 0 Å². The second kappa shape index (κ2) is 8.60. The van der Waals surface area contributed by atoms with Crippen molar-refractivity contribution in [1.29, 1.82) is 0 Å². The Labute approximate surface area is 193 Å². The number of oxime groups is 1. The average molecular weight is 485 g/mol. The van der Waals surface area contributed by atoms with Crippen LogP contribution in [0.1, 0.15) is 52.7 Å². The van der Waals surface area contributed by atoms with Gasteiger partial charge in [-0.05, 0) is 67.1 Å². The number of carbonyl (C=O) groups excluding carboxylic acids is 1. The van der Waals surface area contributed by atoms with Crippen LogP contribution in [0.2, 0.25) is 10.0 Å². The molecule has 0 saturated heterocycles. The zero-order chi connectivity index (χ0) is 23.1. The summed E-state index contributed by atoms with van der Waals surface area (Å²) >= 11 is 11.9. The van der Waals surface area contributed by atoms with E-state index < -0.39 is 18.2 Å². The first-order valence-electron chi connectivity index (χ1n) is 10.3. The normalized spacial score (nSPS) is 21.0. The predicted molar refractivity (Wildman–Crippen MR) is 117 cm³/mol. The molecular formula is C23H21Cl2F3N2O2. The number of benzene rings is 2. The fourth-order valence-corrected chi connectivity index (χ4v) is 4.50. The molecule has 9 heteroatoms. The van der Waals surface area contributed by atoms with E-state index in [0.29, 0.717) is 29.2 Å². The van der Waals surface area contributed by atoms with Crippen LogP contribution in [0.3, 0.4) is 0 Å². The van der Waals surface area contributed by atoms with Crippen LogP contribution in [0.25, 0.3) is 0 Å². The molecule has 4 rings (SSSR count). The Morgan fingerprint density at radius 2 is 1.88 bits per heavy atom. The monoisotopic (exact) mass is 484 g/mol. The molecule has 0 bridgehead atoms. The van der Waals surface area contributed by atoms with E-state index in [0.717, 1.165) is 12.8 Å². The maximum absolute atomic E-state index is 14.1. The van der Waals surface area contributed by atoms with Gasteiger partial charge in [0.05, 0.1) is 5.71 Å². The van der Waals surface area contributed by atoms with E-state index in [9.17, 15) is 18.0 Å². The summed E-state index contributed by atoms with van der Waals surface area (Å²) < 4.78 is 42.4. The topological polar surface area (TPSA) is 50.7 Å². The molecule has 1 aliphatic heterocycles. The van der Waals surface area contributed by atoms with Gasteiger partial charge < -0.3 is 10.2 Å². The second-order valence-corrected chi connectivity index (χ2v) is 9.20. The Hall–Kier alpha value is -2.25. The Morgan fingerprint density at radius 1 is 1.19 bits per heavy atom. The van der Waals surface area contributed by atoms with Crippen molar-refractivity contribution in [2.45, 2.75) is 44.4 Å². The smallest absolute Gasteiger partial charge is 0.374 e. The highest BCUT2D eigenvalue weighted by Gasteiger charge is 2.62. The number of alkyl halides is 3. The molecule has 1 unspecified atom stereocenters. The number of nitrogens with zero attached hydrogens (tertiary/aromatic N) is 1. The number of carbonyl (C=O) groups is 1. The summed E-state index contributed by atoms with van der Waals surface area (Å²) in [6, 6.07) is 8.56. The minimum absolute atomic E-state index is 0.0706. The Morgan fingerprint density at radius 3 is 2.44 bits per heavy atom.